The van der Waals surface area contributed by atoms with Gasteiger partial charge in [-0.1, -0.05) is 12.8 Å². The van der Waals surface area contributed by atoms with E-state index in [2.05, 4.69) is 10.6 Å². The molecule has 2 aliphatic rings. The molecule has 2 unspecified atom stereocenters. The number of amides is 2. The van der Waals surface area contributed by atoms with Crippen LogP contribution in [-0.2, 0) is 9.59 Å². The smallest absolute Gasteiger partial charge is 0.239 e. The lowest BCUT2D eigenvalue weighted by atomic mass is 10.2. The van der Waals surface area contributed by atoms with Crippen LogP contribution >= 0.6 is 0 Å². The lowest BCUT2D eigenvalue weighted by molar-refractivity contribution is -0.129. The minimum Gasteiger partial charge on any atom is -0.352 e. The first-order valence-corrected chi connectivity index (χ1v) is 6.89. The van der Waals surface area contributed by atoms with Gasteiger partial charge >= 0.3 is 0 Å². The second-order valence-electron chi connectivity index (χ2n) is 5.48. The fourth-order valence-electron chi connectivity index (χ4n) is 2.75. The van der Waals surface area contributed by atoms with Crippen molar-refractivity contribution < 1.29 is 9.59 Å². The molecule has 0 bridgehead atoms. The SMILES string of the molecule is CC(NC1CCN(C)C1=O)C(=O)NC1CCCC1. The first-order valence-electron chi connectivity index (χ1n) is 6.89. The highest BCUT2D eigenvalue weighted by Crippen LogP contribution is 2.17. The van der Waals surface area contributed by atoms with Gasteiger partial charge in [0.15, 0.2) is 0 Å². The highest BCUT2D eigenvalue weighted by Gasteiger charge is 2.31. The molecule has 0 aromatic rings. The van der Waals surface area contributed by atoms with E-state index in [1.54, 1.807) is 11.9 Å². The number of rotatable bonds is 4. The van der Waals surface area contributed by atoms with Crippen LogP contribution < -0.4 is 10.6 Å². The minimum atomic E-state index is -0.300. The summed E-state index contributed by atoms with van der Waals surface area (Å²) in [7, 11) is 1.80. The van der Waals surface area contributed by atoms with Crippen molar-refractivity contribution in [1.82, 2.24) is 15.5 Å². The summed E-state index contributed by atoms with van der Waals surface area (Å²) in [6.45, 7) is 2.60. The summed E-state index contributed by atoms with van der Waals surface area (Å²) in [5, 5.41) is 6.18. The van der Waals surface area contributed by atoms with Crippen LogP contribution in [0.3, 0.4) is 0 Å². The zero-order chi connectivity index (χ0) is 13.1. The second-order valence-corrected chi connectivity index (χ2v) is 5.48. The van der Waals surface area contributed by atoms with Crippen LogP contribution in [-0.4, -0.2) is 48.4 Å². The Balaban J connectivity index is 1.78. The molecule has 0 radical (unpaired) electrons. The third-order valence-corrected chi connectivity index (χ3v) is 3.97. The van der Waals surface area contributed by atoms with Gasteiger partial charge in [0.05, 0.1) is 12.1 Å². The number of carbonyl (C=O) groups excluding carboxylic acids is 2. The first kappa shape index (κ1) is 13.3. The standard InChI is InChI=1S/C13H23N3O2/c1-9(12(17)15-10-5-3-4-6-10)14-11-7-8-16(2)13(11)18/h9-11,14H,3-8H2,1-2H3,(H,15,17). The summed E-state index contributed by atoms with van der Waals surface area (Å²) in [5.41, 5.74) is 0. The Morgan fingerprint density at radius 2 is 2.00 bits per heavy atom. The fraction of sp³-hybridized carbons (Fsp3) is 0.846. The van der Waals surface area contributed by atoms with E-state index >= 15 is 0 Å². The maximum absolute atomic E-state index is 12.0. The predicted octanol–water partition coefficient (Wildman–Crippen LogP) is 0.254. The fourth-order valence-corrected chi connectivity index (χ4v) is 2.75. The Labute approximate surface area is 108 Å². The summed E-state index contributed by atoms with van der Waals surface area (Å²) >= 11 is 0. The van der Waals surface area contributed by atoms with Crippen molar-refractivity contribution >= 4 is 11.8 Å². The van der Waals surface area contributed by atoms with Gasteiger partial charge < -0.3 is 10.2 Å². The molecule has 2 amide bonds. The van der Waals surface area contributed by atoms with E-state index < -0.39 is 0 Å². The van der Waals surface area contributed by atoms with Gasteiger partial charge in [0.25, 0.3) is 0 Å². The largest absolute Gasteiger partial charge is 0.352 e. The number of carbonyl (C=O) groups is 2. The average Bonchev–Trinajstić information content (AvgIpc) is 2.94. The van der Waals surface area contributed by atoms with Gasteiger partial charge in [-0.2, -0.15) is 0 Å². The van der Waals surface area contributed by atoms with Gasteiger partial charge in [-0.05, 0) is 26.2 Å². The number of nitrogens with one attached hydrogen (secondary N) is 2. The number of likely N-dealkylation sites (tertiary alicyclic amines) is 1. The Morgan fingerprint density at radius 1 is 1.33 bits per heavy atom. The molecule has 2 fully saturated rings. The van der Waals surface area contributed by atoms with Crippen LogP contribution in [0.1, 0.15) is 39.0 Å². The molecule has 5 nitrogen and oxygen atoms in total. The molecule has 1 saturated carbocycles. The van der Waals surface area contributed by atoms with Crippen LogP contribution in [0.15, 0.2) is 0 Å². The zero-order valence-electron chi connectivity index (χ0n) is 11.2. The van der Waals surface area contributed by atoms with Crippen LogP contribution in [0.4, 0.5) is 0 Å². The molecule has 102 valence electrons. The lowest BCUT2D eigenvalue weighted by Crippen LogP contribution is -2.50. The lowest BCUT2D eigenvalue weighted by Gasteiger charge is -2.20. The highest BCUT2D eigenvalue weighted by molar-refractivity contribution is 5.86. The van der Waals surface area contributed by atoms with Crippen molar-refractivity contribution in [3.8, 4) is 0 Å². The zero-order valence-corrected chi connectivity index (χ0v) is 11.2. The van der Waals surface area contributed by atoms with Crippen LogP contribution in [0.25, 0.3) is 0 Å². The maximum Gasteiger partial charge on any atom is 0.239 e. The Morgan fingerprint density at radius 3 is 2.56 bits per heavy atom. The number of hydrogen-bond acceptors (Lipinski definition) is 3. The monoisotopic (exact) mass is 253 g/mol. The van der Waals surface area contributed by atoms with Gasteiger partial charge in [-0.3, -0.25) is 14.9 Å². The van der Waals surface area contributed by atoms with Gasteiger partial charge in [0.1, 0.15) is 0 Å². The summed E-state index contributed by atoms with van der Waals surface area (Å²) in [6, 6.07) is -0.158. The molecular formula is C13H23N3O2. The van der Waals surface area contributed by atoms with E-state index in [4.69, 9.17) is 0 Å². The summed E-state index contributed by atoms with van der Waals surface area (Å²) in [5.74, 6) is 0.111. The predicted molar refractivity (Wildman–Crippen MR) is 69.0 cm³/mol. The van der Waals surface area contributed by atoms with Gasteiger partial charge in [0.2, 0.25) is 11.8 Å². The molecule has 1 heterocycles. The molecule has 1 saturated heterocycles. The Bertz CT molecular complexity index is 326. The first-order chi connectivity index (χ1) is 8.58. The third-order valence-electron chi connectivity index (χ3n) is 3.97. The molecular weight excluding hydrogens is 230 g/mol. The molecule has 2 atom stereocenters. The number of likely N-dealkylation sites (N-methyl/N-ethyl adjacent to an activating group) is 1. The van der Waals surface area contributed by atoms with Crippen molar-refractivity contribution in [2.75, 3.05) is 13.6 Å². The van der Waals surface area contributed by atoms with Crippen LogP contribution in [0, 0.1) is 0 Å². The van der Waals surface area contributed by atoms with E-state index in [1.807, 2.05) is 6.92 Å². The summed E-state index contributed by atoms with van der Waals surface area (Å²) in [4.78, 5) is 25.4. The molecule has 1 aliphatic heterocycles. The quantitative estimate of drug-likeness (QED) is 0.755. The van der Waals surface area contributed by atoms with E-state index in [-0.39, 0.29) is 23.9 Å². The van der Waals surface area contributed by atoms with Crippen molar-refractivity contribution in [3.05, 3.63) is 0 Å². The normalized spacial score (nSPS) is 26.7. The minimum absolute atomic E-state index is 0.0178. The molecule has 0 aromatic carbocycles. The summed E-state index contributed by atoms with van der Waals surface area (Å²) < 4.78 is 0. The third kappa shape index (κ3) is 3.02. The van der Waals surface area contributed by atoms with E-state index in [0.29, 0.717) is 6.04 Å². The average molecular weight is 253 g/mol. The maximum atomic E-state index is 12.0. The number of nitrogens with zero attached hydrogens (tertiary/aromatic N) is 1. The second kappa shape index (κ2) is 5.69. The number of hydrogen-bond donors (Lipinski definition) is 2. The van der Waals surface area contributed by atoms with E-state index in [9.17, 15) is 9.59 Å². The van der Waals surface area contributed by atoms with Crippen molar-refractivity contribution in [2.24, 2.45) is 0 Å². The topological polar surface area (TPSA) is 61.4 Å². The molecule has 0 aromatic heterocycles. The van der Waals surface area contributed by atoms with E-state index in [1.165, 1.54) is 12.8 Å². The molecule has 2 rings (SSSR count). The Kier molecular flexibility index (Phi) is 4.22. The molecule has 0 spiro atoms. The van der Waals surface area contributed by atoms with Gasteiger partial charge in [-0.25, -0.2) is 0 Å². The van der Waals surface area contributed by atoms with E-state index in [0.717, 1.165) is 25.8 Å². The molecule has 1 aliphatic carbocycles. The Hall–Kier alpha value is -1.10. The highest BCUT2D eigenvalue weighted by atomic mass is 16.2. The molecule has 5 heteroatoms. The van der Waals surface area contributed by atoms with Crippen LogP contribution in [0.5, 0.6) is 0 Å². The summed E-state index contributed by atoms with van der Waals surface area (Å²) in [6.07, 6.45) is 5.38. The molecule has 2 N–H and O–H groups in total. The van der Waals surface area contributed by atoms with Crippen molar-refractivity contribution in [1.29, 1.82) is 0 Å². The van der Waals surface area contributed by atoms with Gasteiger partial charge in [-0.15, -0.1) is 0 Å². The van der Waals surface area contributed by atoms with Crippen molar-refractivity contribution in [2.45, 2.75) is 57.2 Å². The van der Waals surface area contributed by atoms with Crippen molar-refractivity contribution in [3.63, 3.8) is 0 Å². The molecule has 18 heavy (non-hydrogen) atoms. The van der Waals surface area contributed by atoms with Gasteiger partial charge in [0, 0.05) is 19.6 Å². The van der Waals surface area contributed by atoms with Crippen LogP contribution in [0.2, 0.25) is 0 Å².